The summed E-state index contributed by atoms with van der Waals surface area (Å²) in [5.74, 6) is -3.39. The maximum atomic E-state index is 17.4. The first kappa shape index (κ1) is 43.7. The van der Waals surface area contributed by atoms with Gasteiger partial charge in [-0.2, -0.15) is 0 Å². The van der Waals surface area contributed by atoms with Crippen LogP contribution in [-0.4, -0.2) is 98.3 Å². The number of halogens is 1. The second-order valence-electron chi connectivity index (χ2n) is 21.3. The number of alkyl halides is 1. The van der Waals surface area contributed by atoms with E-state index in [4.69, 9.17) is 14.2 Å². The van der Waals surface area contributed by atoms with E-state index in [0.717, 1.165) is 31.3 Å². The van der Waals surface area contributed by atoms with Crippen LogP contribution in [0.5, 0.6) is 0 Å². The number of rotatable bonds is 5. The Kier molecular flexibility index (Phi) is 10.1. The number of aliphatic hydroxyl groups excluding tert-OH is 2. The van der Waals surface area contributed by atoms with E-state index in [2.05, 4.69) is 0 Å². The summed E-state index contributed by atoms with van der Waals surface area (Å²) in [5, 5.41) is 32.1. The molecule has 62 heavy (non-hydrogen) atoms. The fraction of sp³-hybridized carbons (Fsp3) is 0.714. The van der Waals surface area contributed by atoms with Crippen LogP contribution in [0.3, 0.4) is 0 Å². The molecule has 1 spiro atoms. The molecule has 10 aliphatic rings. The first-order chi connectivity index (χ1) is 29.1. The molecule has 1 aliphatic heterocycles. The topological polar surface area (TPSA) is 191 Å². The molecule has 1 heterocycles. The number of hydrogen-bond donors (Lipinski definition) is 3. The fourth-order valence-electron chi connectivity index (χ4n) is 15.7. The van der Waals surface area contributed by atoms with Crippen molar-refractivity contribution in [2.75, 3.05) is 13.2 Å². The molecule has 1 saturated heterocycles. The number of carbonyl (C=O) groups excluding carboxylic acids is 6. The SMILES string of the molecule is CC(=O)OCC(=O)[C@@]12OC3(CCCC3)O[C@@H]1C[C@H]1[C@@H]3CCC4=CC(=O)C=C[C@]4(C)[C@@]3(F)[C@@H](O)C[C@@]12C.C[C@]12C=CC(=O)C=C1CC[C@@H]1[C@@H]2C(=O)C[C@@]2(C)[C@H]1CC[C@]2(O)C(=O)CO. The number of aliphatic hydroxyl groups is 3. The summed E-state index contributed by atoms with van der Waals surface area (Å²) in [7, 11) is 0. The number of ether oxygens (including phenoxy) is 3. The van der Waals surface area contributed by atoms with E-state index in [1.165, 1.54) is 19.1 Å². The second kappa shape index (κ2) is 14.3. The molecule has 0 radical (unpaired) electrons. The van der Waals surface area contributed by atoms with Gasteiger partial charge in [-0.25, -0.2) is 4.39 Å². The first-order valence-electron chi connectivity index (χ1n) is 22.8. The van der Waals surface area contributed by atoms with Gasteiger partial charge >= 0.3 is 5.97 Å². The number of esters is 1. The molecule has 14 atom stereocenters. The van der Waals surface area contributed by atoms with Gasteiger partial charge in [-0.3, -0.25) is 28.8 Å². The molecular weight excluding hydrogens is 800 g/mol. The molecule has 10 rings (SSSR count). The molecule has 8 fully saturated rings. The van der Waals surface area contributed by atoms with E-state index in [1.807, 2.05) is 26.8 Å². The maximum Gasteiger partial charge on any atom is 0.303 e. The highest BCUT2D eigenvalue weighted by Crippen LogP contribution is 2.73. The van der Waals surface area contributed by atoms with Crippen LogP contribution in [0.15, 0.2) is 47.6 Å². The van der Waals surface area contributed by atoms with Gasteiger partial charge in [0.25, 0.3) is 0 Å². The molecule has 9 aliphatic carbocycles. The number of hydrogen-bond acceptors (Lipinski definition) is 12. The zero-order chi connectivity index (χ0) is 44.6. The fourth-order valence-corrected chi connectivity index (χ4v) is 15.7. The molecule has 0 amide bonds. The summed E-state index contributed by atoms with van der Waals surface area (Å²) in [6.45, 7) is 7.71. The Balaban J connectivity index is 0.000000167. The van der Waals surface area contributed by atoms with E-state index in [9.17, 15) is 44.1 Å². The first-order valence-corrected chi connectivity index (χ1v) is 22.8. The van der Waals surface area contributed by atoms with Gasteiger partial charge in [0.1, 0.15) is 18.0 Å². The zero-order valence-corrected chi connectivity index (χ0v) is 36.5. The molecule has 336 valence electrons. The Morgan fingerprint density at radius 1 is 0.855 bits per heavy atom. The molecule has 13 heteroatoms. The predicted molar refractivity (Wildman–Crippen MR) is 219 cm³/mol. The van der Waals surface area contributed by atoms with Crippen molar-refractivity contribution in [2.45, 2.75) is 153 Å². The largest absolute Gasteiger partial charge is 0.458 e. The third-order valence-electron chi connectivity index (χ3n) is 18.7. The lowest BCUT2D eigenvalue weighted by Gasteiger charge is -2.62. The number of fused-ring (bicyclic) bond motifs is 12. The maximum absolute atomic E-state index is 17.4. The van der Waals surface area contributed by atoms with Gasteiger partial charge in [0.2, 0.25) is 5.78 Å². The van der Waals surface area contributed by atoms with Crippen molar-refractivity contribution in [1.82, 2.24) is 0 Å². The number of allylic oxidation sites excluding steroid dienone is 8. The van der Waals surface area contributed by atoms with Gasteiger partial charge in [0.15, 0.2) is 41.0 Å². The van der Waals surface area contributed by atoms with E-state index in [-0.39, 0.29) is 59.6 Å². The summed E-state index contributed by atoms with van der Waals surface area (Å²) in [6, 6.07) is 0. The van der Waals surface area contributed by atoms with E-state index in [0.29, 0.717) is 50.5 Å². The van der Waals surface area contributed by atoms with Gasteiger partial charge in [0, 0.05) is 59.7 Å². The normalized spacial score (nSPS) is 47.7. The van der Waals surface area contributed by atoms with Gasteiger partial charge in [-0.1, -0.05) is 44.1 Å². The van der Waals surface area contributed by atoms with Crippen LogP contribution < -0.4 is 0 Å². The van der Waals surface area contributed by atoms with Crippen molar-refractivity contribution in [3.8, 4) is 0 Å². The Morgan fingerprint density at radius 2 is 1.52 bits per heavy atom. The predicted octanol–water partition coefficient (Wildman–Crippen LogP) is 5.29. The highest BCUT2D eigenvalue weighted by atomic mass is 19.1. The standard InChI is InChI=1S/C28H35FO7.C21H26O5/c1-16(30)34-15-22(33)28-23(35-26(36-28)9-4-5-10-26)13-20-19-7-6-17-12-18(31)8-11-24(17,2)27(19,29)21(32)14-25(20,28)3;1-19-7-5-13(23)9-12(19)3-4-14-15-6-8-21(26,17(25)11-22)20(15,2)10-16(24)18(14)19/h8,11-12,19-21,23,32H,4-7,9-10,13-15H2,1-3H3;5,7,9,14-15,18,22,26H,3-4,6,8,10-11H2,1-2H3/t19-,20-,21-,23+,24-,25-,27-,28+;14-,15-,18+,19-,20-,21-/m00/s1. The Bertz CT molecular complexity index is 2150. The molecule has 0 unspecified atom stereocenters. The smallest absolute Gasteiger partial charge is 0.303 e. The molecule has 0 bridgehead atoms. The molecule has 7 saturated carbocycles. The lowest BCUT2D eigenvalue weighted by molar-refractivity contribution is -0.253. The summed E-state index contributed by atoms with van der Waals surface area (Å²) < 4.78 is 35.8. The lowest BCUT2D eigenvalue weighted by Crippen LogP contribution is -2.70. The van der Waals surface area contributed by atoms with Gasteiger partial charge in [0.05, 0.1) is 12.2 Å². The third-order valence-corrected chi connectivity index (χ3v) is 18.7. The monoisotopic (exact) mass is 860 g/mol. The average molecular weight is 861 g/mol. The summed E-state index contributed by atoms with van der Waals surface area (Å²) >= 11 is 0. The van der Waals surface area contributed by atoms with Crippen molar-refractivity contribution < 1.29 is 62.7 Å². The van der Waals surface area contributed by atoms with Gasteiger partial charge in [-0.05, 0) is 113 Å². The van der Waals surface area contributed by atoms with Crippen molar-refractivity contribution >= 4 is 34.9 Å². The quantitative estimate of drug-likeness (QED) is 0.304. The zero-order valence-electron chi connectivity index (χ0n) is 36.5. The van der Waals surface area contributed by atoms with Crippen molar-refractivity contribution in [3.05, 3.63) is 47.6 Å². The van der Waals surface area contributed by atoms with Crippen LogP contribution in [0.25, 0.3) is 0 Å². The minimum Gasteiger partial charge on any atom is -0.458 e. The van der Waals surface area contributed by atoms with Crippen LogP contribution in [0.4, 0.5) is 4.39 Å². The summed E-state index contributed by atoms with van der Waals surface area (Å²) in [5.41, 5.74) is -6.58. The van der Waals surface area contributed by atoms with E-state index < -0.39 is 87.4 Å². The second-order valence-corrected chi connectivity index (χ2v) is 21.3. The van der Waals surface area contributed by atoms with Crippen LogP contribution in [0, 0.1) is 51.2 Å². The van der Waals surface area contributed by atoms with E-state index in [1.54, 1.807) is 25.2 Å². The van der Waals surface area contributed by atoms with Crippen molar-refractivity contribution in [2.24, 2.45) is 51.2 Å². The Hall–Kier alpha value is -3.49. The van der Waals surface area contributed by atoms with Crippen molar-refractivity contribution in [1.29, 1.82) is 0 Å². The molecular formula is C49H61FO12. The van der Waals surface area contributed by atoms with Gasteiger partial charge in [-0.15, -0.1) is 0 Å². The van der Waals surface area contributed by atoms with Crippen LogP contribution in [0.1, 0.15) is 118 Å². The molecule has 0 aromatic carbocycles. The highest BCUT2D eigenvalue weighted by Gasteiger charge is 2.81. The minimum atomic E-state index is -2.00. The summed E-state index contributed by atoms with van der Waals surface area (Å²) in [4.78, 5) is 74.9. The molecule has 3 N–H and O–H groups in total. The number of Topliss-reactive ketones (excluding diaryl/α,β-unsaturated/α-hetero) is 3. The average Bonchev–Trinajstić information content (AvgIpc) is 3.95. The molecule has 0 aromatic rings. The minimum absolute atomic E-state index is 0.0110. The molecule has 12 nitrogen and oxygen atoms in total. The highest BCUT2D eigenvalue weighted by molar-refractivity contribution is 6.02. The molecule has 0 aromatic heterocycles. The van der Waals surface area contributed by atoms with Crippen LogP contribution in [-0.2, 0) is 43.0 Å². The van der Waals surface area contributed by atoms with Crippen molar-refractivity contribution in [3.63, 3.8) is 0 Å². The Labute approximate surface area is 361 Å². The number of carbonyl (C=O) groups is 6. The van der Waals surface area contributed by atoms with Crippen LogP contribution >= 0.6 is 0 Å². The summed E-state index contributed by atoms with van der Waals surface area (Å²) in [6.07, 6.45) is 15.1. The van der Waals surface area contributed by atoms with E-state index >= 15 is 4.39 Å². The Morgan fingerprint density at radius 3 is 2.19 bits per heavy atom. The lowest BCUT2D eigenvalue weighted by atomic mass is 9.44. The number of ketones is 5. The van der Waals surface area contributed by atoms with Gasteiger partial charge < -0.3 is 29.5 Å². The van der Waals surface area contributed by atoms with Crippen LogP contribution in [0.2, 0.25) is 0 Å². The third kappa shape index (κ3) is 5.59.